The average Bonchev–Trinajstić information content (AvgIpc) is 3.14. The fourth-order valence-electron chi connectivity index (χ4n) is 6.36. The van der Waals surface area contributed by atoms with E-state index in [2.05, 4.69) is 101 Å². The molecule has 0 unspecified atom stereocenters. The standard InChI is InChI=1S/C28H30BN3/c1-4-12-23(13-5-1)28-30-32(26-20-8-3-9-21-26)27-22-14-10-16-24(17-11-15-22)29(27)31(28)25-18-6-2-7-19-25/h1-9,12-13,18-22,24,27H,10-11,14-17H2/t22?,24?,27-/m0/s1. The molecule has 3 nitrogen and oxygen atoms in total. The number of anilines is 2. The molecule has 4 heteroatoms. The molecule has 3 aliphatic heterocycles. The minimum Gasteiger partial charge on any atom is -0.367 e. The van der Waals surface area contributed by atoms with Crippen LogP contribution in [0.3, 0.4) is 0 Å². The molecule has 0 aliphatic carbocycles. The Morgan fingerprint density at radius 1 is 0.656 bits per heavy atom. The summed E-state index contributed by atoms with van der Waals surface area (Å²) in [5.41, 5.74) is 3.68. The first-order valence-electron chi connectivity index (χ1n) is 12.2. The van der Waals surface area contributed by atoms with Gasteiger partial charge in [-0.15, -0.1) is 0 Å². The Bertz CT molecular complexity index is 1060. The fraction of sp³-hybridized carbons (Fsp3) is 0.321. The molecule has 0 spiro atoms. The molecule has 2 fully saturated rings. The van der Waals surface area contributed by atoms with Crippen LogP contribution < -0.4 is 9.82 Å². The first-order chi connectivity index (χ1) is 15.9. The molecule has 0 amide bonds. The molecule has 3 aromatic rings. The summed E-state index contributed by atoms with van der Waals surface area (Å²) in [5, 5.41) is 7.85. The molecule has 2 saturated heterocycles. The van der Waals surface area contributed by atoms with Gasteiger partial charge in [0.25, 0.3) is 6.85 Å². The van der Waals surface area contributed by atoms with Crippen LogP contribution in [0.25, 0.3) is 0 Å². The molecule has 3 aromatic carbocycles. The van der Waals surface area contributed by atoms with Crippen LogP contribution in [-0.2, 0) is 0 Å². The van der Waals surface area contributed by atoms with E-state index in [9.17, 15) is 0 Å². The van der Waals surface area contributed by atoms with Crippen molar-refractivity contribution in [2.75, 3.05) is 9.82 Å². The number of hydrogen-bond donors (Lipinski definition) is 0. The number of rotatable bonds is 3. The van der Waals surface area contributed by atoms with Gasteiger partial charge in [-0.05, 0) is 48.8 Å². The van der Waals surface area contributed by atoms with Crippen molar-refractivity contribution in [3.8, 4) is 0 Å². The molecular weight excluding hydrogens is 389 g/mol. The molecule has 0 N–H and O–H groups in total. The van der Waals surface area contributed by atoms with Crippen LogP contribution in [0.2, 0.25) is 5.82 Å². The SMILES string of the molecule is c1ccc(C2=NN(c3ccccc3)[C@@H]3B(C4CCCC3CCC4)N2c2ccccc2)cc1. The van der Waals surface area contributed by atoms with Gasteiger partial charge in [-0.3, -0.25) is 5.01 Å². The third kappa shape index (κ3) is 3.42. The lowest BCUT2D eigenvalue weighted by molar-refractivity contribution is 0.381. The summed E-state index contributed by atoms with van der Waals surface area (Å²) < 4.78 is 0. The van der Waals surface area contributed by atoms with Crippen molar-refractivity contribution in [1.82, 2.24) is 0 Å². The zero-order chi connectivity index (χ0) is 21.3. The smallest absolute Gasteiger partial charge is 0.290 e. The highest BCUT2D eigenvalue weighted by molar-refractivity contribution is 6.73. The normalized spacial score (nSPS) is 25.1. The summed E-state index contributed by atoms with van der Waals surface area (Å²) in [4.78, 5) is 2.60. The molecule has 3 aliphatic rings. The van der Waals surface area contributed by atoms with Crippen molar-refractivity contribution in [3.63, 3.8) is 0 Å². The zero-order valence-electron chi connectivity index (χ0n) is 18.6. The van der Waals surface area contributed by atoms with Gasteiger partial charge in [-0.1, -0.05) is 92.4 Å². The van der Waals surface area contributed by atoms with E-state index in [0.717, 1.165) is 5.84 Å². The number of amidine groups is 1. The van der Waals surface area contributed by atoms with Crippen molar-refractivity contribution < 1.29 is 0 Å². The maximum atomic E-state index is 5.44. The third-order valence-corrected chi connectivity index (χ3v) is 7.71. The molecule has 0 saturated carbocycles. The highest BCUT2D eigenvalue weighted by atomic mass is 15.5. The topological polar surface area (TPSA) is 18.8 Å². The highest BCUT2D eigenvalue weighted by Crippen LogP contribution is 2.47. The van der Waals surface area contributed by atoms with E-state index >= 15 is 0 Å². The van der Waals surface area contributed by atoms with E-state index in [1.165, 1.54) is 55.5 Å². The largest absolute Gasteiger partial charge is 0.367 e. The Kier molecular flexibility index (Phi) is 5.22. The number of hydrazone groups is 1. The Morgan fingerprint density at radius 2 is 1.22 bits per heavy atom. The fourth-order valence-corrected chi connectivity index (χ4v) is 6.36. The van der Waals surface area contributed by atoms with Crippen LogP contribution in [-0.4, -0.2) is 18.6 Å². The Balaban J connectivity index is 1.60. The molecule has 3 heterocycles. The molecule has 6 rings (SSSR count). The lowest BCUT2D eigenvalue weighted by Crippen LogP contribution is -2.64. The lowest BCUT2D eigenvalue weighted by Gasteiger charge is -2.48. The van der Waals surface area contributed by atoms with E-state index in [1.807, 2.05) is 0 Å². The first kappa shape index (κ1) is 19.7. The van der Waals surface area contributed by atoms with Gasteiger partial charge in [-0.25, -0.2) is 0 Å². The van der Waals surface area contributed by atoms with Gasteiger partial charge < -0.3 is 4.81 Å². The summed E-state index contributed by atoms with van der Waals surface area (Å²) in [5.74, 6) is 2.85. The second kappa shape index (κ2) is 8.50. The number of benzene rings is 3. The summed E-state index contributed by atoms with van der Waals surface area (Å²) in [7, 11) is 0. The van der Waals surface area contributed by atoms with Gasteiger partial charge in [0.05, 0.1) is 11.6 Å². The maximum absolute atomic E-state index is 5.44. The maximum Gasteiger partial charge on any atom is 0.290 e. The van der Waals surface area contributed by atoms with E-state index in [-0.39, 0.29) is 0 Å². The van der Waals surface area contributed by atoms with E-state index in [0.29, 0.717) is 24.5 Å². The second-order valence-electron chi connectivity index (χ2n) is 9.54. The second-order valence-corrected chi connectivity index (χ2v) is 9.54. The van der Waals surface area contributed by atoms with E-state index in [4.69, 9.17) is 5.10 Å². The monoisotopic (exact) mass is 419 g/mol. The molecule has 160 valence electrons. The number of hydrogen-bond acceptors (Lipinski definition) is 3. The molecule has 0 radical (unpaired) electrons. The van der Waals surface area contributed by atoms with Gasteiger partial charge in [0, 0.05) is 11.3 Å². The molecule has 32 heavy (non-hydrogen) atoms. The molecule has 0 aromatic heterocycles. The Labute approximate surface area is 191 Å². The van der Waals surface area contributed by atoms with Gasteiger partial charge in [0.15, 0.2) is 0 Å². The average molecular weight is 419 g/mol. The van der Waals surface area contributed by atoms with Crippen LogP contribution in [0.5, 0.6) is 0 Å². The van der Waals surface area contributed by atoms with E-state index in [1.54, 1.807) is 0 Å². The molecular formula is C28H30BN3. The van der Waals surface area contributed by atoms with Crippen LogP contribution >= 0.6 is 0 Å². The van der Waals surface area contributed by atoms with Gasteiger partial charge in [-0.2, -0.15) is 5.10 Å². The summed E-state index contributed by atoms with van der Waals surface area (Å²) >= 11 is 0. The predicted octanol–water partition coefficient (Wildman–Crippen LogP) is 6.63. The first-order valence-corrected chi connectivity index (χ1v) is 12.2. The van der Waals surface area contributed by atoms with Crippen molar-refractivity contribution in [1.29, 1.82) is 0 Å². The van der Waals surface area contributed by atoms with Crippen molar-refractivity contribution in [2.45, 2.75) is 50.3 Å². The zero-order valence-corrected chi connectivity index (χ0v) is 18.6. The van der Waals surface area contributed by atoms with Crippen molar-refractivity contribution >= 4 is 24.1 Å². The Hall–Kier alpha value is -3.01. The molecule has 2 bridgehead atoms. The van der Waals surface area contributed by atoms with Crippen molar-refractivity contribution in [2.24, 2.45) is 11.0 Å². The van der Waals surface area contributed by atoms with Crippen molar-refractivity contribution in [3.05, 3.63) is 96.6 Å². The minimum atomic E-state index is 0.403. The van der Waals surface area contributed by atoms with Gasteiger partial charge in [0.1, 0.15) is 5.84 Å². The minimum absolute atomic E-state index is 0.403. The summed E-state index contributed by atoms with van der Waals surface area (Å²) in [6.45, 7) is 0.431. The third-order valence-electron chi connectivity index (χ3n) is 7.71. The van der Waals surface area contributed by atoms with Crippen LogP contribution in [0.4, 0.5) is 11.4 Å². The van der Waals surface area contributed by atoms with Crippen LogP contribution in [0, 0.1) is 5.92 Å². The molecule has 1 atom stereocenters. The van der Waals surface area contributed by atoms with Gasteiger partial charge in [0.2, 0.25) is 0 Å². The van der Waals surface area contributed by atoms with Crippen LogP contribution in [0.1, 0.15) is 44.1 Å². The Morgan fingerprint density at radius 3 is 1.84 bits per heavy atom. The number of para-hydroxylation sites is 2. The van der Waals surface area contributed by atoms with Crippen LogP contribution in [0.15, 0.2) is 96.1 Å². The quantitative estimate of drug-likeness (QED) is 0.444. The van der Waals surface area contributed by atoms with E-state index < -0.39 is 0 Å². The lowest BCUT2D eigenvalue weighted by atomic mass is 9.41. The number of nitrogens with zero attached hydrogens (tertiary/aromatic N) is 3. The van der Waals surface area contributed by atoms with Gasteiger partial charge >= 0.3 is 0 Å². The summed E-state index contributed by atoms with van der Waals surface area (Å²) in [6.07, 6.45) is 7.97. The summed E-state index contributed by atoms with van der Waals surface area (Å²) in [6, 6.07) is 32.6. The predicted molar refractivity (Wildman–Crippen MR) is 135 cm³/mol. The highest BCUT2D eigenvalue weighted by Gasteiger charge is 2.52.